The molecule has 9 nitrogen and oxygen atoms in total. The number of imidazole rings is 1. The van der Waals surface area contributed by atoms with E-state index >= 15 is 0 Å². The van der Waals surface area contributed by atoms with Crippen molar-refractivity contribution in [3.05, 3.63) is 52.3 Å². The van der Waals surface area contributed by atoms with Gasteiger partial charge in [0.2, 0.25) is 0 Å². The average Bonchev–Trinajstić information content (AvgIpc) is 3.44. The topological polar surface area (TPSA) is 85.5 Å². The molecule has 0 aliphatic carbocycles. The number of alkyl halides is 2. The summed E-state index contributed by atoms with van der Waals surface area (Å²) in [7, 11) is 0. The number of rotatable bonds is 6. The number of nitrogens with one attached hydrogen (secondary N) is 1. The first kappa shape index (κ1) is 23.2. The van der Waals surface area contributed by atoms with Crippen LogP contribution in [0.3, 0.4) is 0 Å². The fourth-order valence-corrected chi connectivity index (χ4v) is 5.97. The molecule has 2 aromatic heterocycles. The summed E-state index contributed by atoms with van der Waals surface area (Å²) >= 11 is 7.43. The van der Waals surface area contributed by atoms with Gasteiger partial charge in [-0.25, -0.2) is 23.6 Å². The monoisotopic (exact) mass is 533 g/mol. The van der Waals surface area contributed by atoms with Crippen molar-refractivity contribution in [2.24, 2.45) is 4.99 Å². The number of amides is 3. The van der Waals surface area contributed by atoms with Crippen molar-refractivity contribution < 1.29 is 18.4 Å². The highest BCUT2D eigenvalue weighted by atomic mass is 35.5. The molecule has 0 radical (unpaired) electrons. The standard InChI is InChI=1S/C23H22ClF2N7O2S/c1-2-32-19-18(20(34)29-21(32)35)33(8-13-3-5-15(6-4-13)31-11-23(25,26)12-31)17(28-19)7-14-9-30-10-16(24)36-22(30)27-14/h3-6,9-10,18-19H,2,7-8,11-12H2,1H3,(H,29,34,35). The first-order chi connectivity index (χ1) is 17.2. The summed E-state index contributed by atoms with van der Waals surface area (Å²) in [5, 5.41) is 2.45. The van der Waals surface area contributed by atoms with Crippen molar-refractivity contribution in [3.8, 4) is 0 Å². The number of hydrogen-bond donors (Lipinski definition) is 1. The van der Waals surface area contributed by atoms with Crippen molar-refractivity contribution in [3.63, 3.8) is 0 Å². The number of amidine groups is 1. The molecule has 3 amide bonds. The van der Waals surface area contributed by atoms with E-state index in [1.165, 1.54) is 11.3 Å². The minimum absolute atomic E-state index is 0.284. The van der Waals surface area contributed by atoms with Crippen molar-refractivity contribution in [2.45, 2.75) is 38.0 Å². The van der Waals surface area contributed by atoms with Gasteiger partial charge in [0.25, 0.3) is 11.8 Å². The molecule has 1 aromatic carbocycles. The van der Waals surface area contributed by atoms with Crippen LogP contribution in [-0.2, 0) is 17.8 Å². The fraction of sp³-hybridized carbons (Fsp3) is 0.391. The van der Waals surface area contributed by atoms with Gasteiger partial charge >= 0.3 is 6.03 Å². The third kappa shape index (κ3) is 3.97. The third-order valence-electron chi connectivity index (χ3n) is 6.67. The zero-order valence-corrected chi connectivity index (χ0v) is 20.8. The summed E-state index contributed by atoms with van der Waals surface area (Å²) in [6.45, 7) is 2.04. The van der Waals surface area contributed by atoms with Crippen molar-refractivity contribution in [1.29, 1.82) is 0 Å². The Morgan fingerprint density at radius 1 is 1.17 bits per heavy atom. The Labute approximate surface area is 214 Å². The zero-order chi connectivity index (χ0) is 25.2. The Bertz CT molecular complexity index is 1350. The highest BCUT2D eigenvalue weighted by Crippen LogP contribution is 2.33. The molecule has 0 bridgehead atoms. The van der Waals surface area contributed by atoms with Gasteiger partial charge in [0.05, 0.1) is 18.8 Å². The highest BCUT2D eigenvalue weighted by molar-refractivity contribution is 7.20. The smallest absolute Gasteiger partial charge is 0.325 e. The molecule has 2 unspecified atom stereocenters. The number of hydrogen-bond acceptors (Lipinski definition) is 7. The molecule has 3 aliphatic heterocycles. The van der Waals surface area contributed by atoms with E-state index in [1.807, 2.05) is 46.7 Å². The maximum Gasteiger partial charge on any atom is 0.325 e. The number of benzene rings is 1. The van der Waals surface area contributed by atoms with Gasteiger partial charge in [0.15, 0.2) is 17.2 Å². The van der Waals surface area contributed by atoms with E-state index in [2.05, 4.69) is 10.3 Å². The molecule has 2 atom stereocenters. The molecular formula is C23H22ClF2N7O2S. The Hall–Kier alpha value is -3.25. The summed E-state index contributed by atoms with van der Waals surface area (Å²) in [5.74, 6) is -2.39. The molecule has 1 N–H and O–H groups in total. The Kier molecular flexibility index (Phi) is 5.41. The minimum Gasteiger partial charge on any atom is -0.359 e. The average molecular weight is 534 g/mol. The number of thiazole rings is 1. The van der Waals surface area contributed by atoms with Crippen LogP contribution in [0.2, 0.25) is 4.34 Å². The first-order valence-corrected chi connectivity index (χ1v) is 12.7. The van der Waals surface area contributed by atoms with Gasteiger partial charge in [-0.2, -0.15) is 0 Å². The fourth-order valence-electron chi connectivity index (χ4n) is 4.94. The molecule has 36 heavy (non-hydrogen) atoms. The van der Waals surface area contributed by atoms with E-state index in [0.717, 1.165) is 21.9 Å². The molecule has 3 aromatic rings. The lowest BCUT2D eigenvalue weighted by molar-refractivity contribution is -0.127. The van der Waals surface area contributed by atoms with Gasteiger partial charge in [-0.05, 0) is 24.6 Å². The number of aliphatic imine (C=N–C) groups is 1. The molecule has 0 spiro atoms. The predicted molar refractivity (Wildman–Crippen MR) is 132 cm³/mol. The van der Waals surface area contributed by atoms with Crippen LogP contribution < -0.4 is 10.2 Å². The van der Waals surface area contributed by atoms with E-state index in [4.69, 9.17) is 16.6 Å². The van der Waals surface area contributed by atoms with E-state index in [9.17, 15) is 18.4 Å². The maximum absolute atomic E-state index is 13.3. The number of nitrogens with zero attached hydrogens (tertiary/aromatic N) is 6. The van der Waals surface area contributed by atoms with Crippen molar-refractivity contribution >= 4 is 51.4 Å². The molecule has 0 saturated carbocycles. The number of carbonyl (C=O) groups excluding carboxylic acids is 2. The van der Waals surface area contributed by atoms with E-state index in [-0.39, 0.29) is 13.1 Å². The van der Waals surface area contributed by atoms with Gasteiger partial charge < -0.3 is 9.80 Å². The first-order valence-electron chi connectivity index (χ1n) is 11.5. The number of aromatic nitrogens is 2. The van der Waals surface area contributed by atoms with Gasteiger partial charge in [0, 0.05) is 37.6 Å². The number of anilines is 1. The van der Waals surface area contributed by atoms with Crippen LogP contribution in [0.1, 0.15) is 18.2 Å². The quantitative estimate of drug-likeness (QED) is 0.526. The van der Waals surface area contributed by atoms with Crippen LogP contribution in [0.15, 0.2) is 41.7 Å². The number of fused-ring (bicyclic) bond motifs is 2. The zero-order valence-electron chi connectivity index (χ0n) is 19.2. The summed E-state index contributed by atoms with van der Waals surface area (Å²) in [6, 6.07) is 6.23. The lowest BCUT2D eigenvalue weighted by atomic mass is 10.1. The maximum atomic E-state index is 13.3. The summed E-state index contributed by atoms with van der Waals surface area (Å²) in [4.78, 5) is 40.7. The van der Waals surface area contributed by atoms with Gasteiger partial charge in [0.1, 0.15) is 10.2 Å². The second-order valence-electron chi connectivity index (χ2n) is 9.12. The van der Waals surface area contributed by atoms with Crippen LogP contribution in [0, 0.1) is 0 Å². The number of halogens is 3. The van der Waals surface area contributed by atoms with E-state index < -0.39 is 30.1 Å². The second kappa shape index (κ2) is 8.41. The second-order valence-corrected chi connectivity index (χ2v) is 10.8. The number of urea groups is 1. The lowest BCUT2D eigenvalue weighted by Crippen LogP contribution is -2.64. The van der Waals surface area contributed by atoms with Crippen LogP contribution >= 0.6 is 22.9 Å². The Morgan fingerprint density at radius 2 is 1.92 bits per heavy atom. The van der Waals surface area contributed by atoms with Crippen LogP contribution in [0.4, 0.5) is 19.3 Å². The van der Waals surface area contributed by atoms with Gasteiger partial charge in [-0.15, -0.1) is 0 Å². The van der Waals surface area contributed by atoms with Crippen LogP contribution in [-0.4, -0.2) is 74.7 Å². The van der Waals surface area contributed by atoms with E-state index in [0.29, 0.717) is 29.7 Å². The molecule has 13 heteroatoms. The van der Waals surface area contributed by atoms with Crippen molar-refractivity contribution in [1.82, 2.24) is 24.5 Å². The molecule has 2 fully saturated rings. The summed E-state index contributed by atoms with van der Waals surface area (Å²) in [6.07, 6.45) is 3.40. The normalized spacial score (nSPS) is 23.1. The molecule has 6 rings (SSSR count). The van der Waals surface area contributed by atoms with Crippen molar-refractivity contribution in [2.75, 3.05) is 24.5 Å². The Balaban J connectivity index is 1.28. The third-order valence-corrected chi connectivity index (χ3v) is 7.78. The molecule has 3 aliphatic rings. The Morgan fingerprint density at radius 3 is 2.58 bits per heavy atom. The largest absolute Gasteiger partial charge is 0.359 e. The highest BCUT2D eigenvalue weighted by Gasteiger charge is 2.49. The SMILES string of the molecule is CCN1C(=O)NC(=O)C2C1N=C(Cc1cn3cc(Cl)sc3n1)N2Cc1ccc(N2CC(F)(F)C2)cc1. The van der Waals surface area contributed by atoms with Crippen LogP contribution in [0.25, 0.3) is 4.96 Å². The van der Waals surface area contributed by atoms with Crippen LogP contribution in [0.5, 0.6) is 0 Å². The number of imide groups is 1. The van der Waals surface area contributed by atoms with Gasteiger partial charge in [-0.1, -0.05) is 35.1 Å². The molecule has 2 saturated heterocycles. The number of likely N-dealkylation sites (N-methyl/N-ethyl adjacent to an activating group) is 1. The molecule has 5 heterocycles. The molecular weight excluding hydrogens is 512 g/mol. The summed E-state index contributed by atoms with van der Waals surface area (Å²) < 4.78 is 29.0. The predicted octanol–water partition coefficient (Wildman–Crippen LogP) is 3.23. The minimum atomic E-state index is -2.64. The lowest BCUT2D eigenvalue weighted by Gasteiger charge is -2.40. The molecule has 188 valence electrons. The number of carbonyl (C=O) groups is 2. The van der Waals surface area contributed by atoms with E-state index in [1.54, 1.807) is 16.0 Å². The summed E-state index contributed by atoms with van der Waals surface area (Å²) in [5.41, 5.74) is 2.39. The van der Waals surface area contributed by atoms with Gasteiger partial charge in [-0.3, -0.25) is 19.4 Å².